The Kier molecular flexibility index (Phi) is 7.83. The molecule has 0 aliphatic heterocycles. The quantitative estimate of drug-likeness (QED) is 0.734. The fourth-order valence-electron chi connectivity index (χ4n) is 2.51. The Labute approximate surface area is 128 Å². The fraction of sp³-hybridized carbons (Fsp3) is 0.588. The van der Waals surface area contributed by atoms with Gasteiger partial charge in [-0.2, -0.15) is 0 Å². The van der Waals surface area contributed by atoms with Gasteiger partial charge in [0.15, 0.2) is 0 Å². The number of carbonyl (C=O) groups excluding carboxylic acids is 1. The van der Waals surface area contributed by atoms with Crippen molar-refractivity contribution >= 4 is 5.91 Å². The smallest absolute Gasteiger partial charge is 0.220 e. The summed E-state index contributed by atoms with van der Waals surface area (Å²) in [6, 6.07) is 7.88. The molecule has 0 aliphatic carbocycles. The Bertz CT molecular complexity index is 433. The van der Waals surface area contributed by atoms with E-state index in [1.165, 1.54) is 0 Å². The summed E-state index contributed by atoms with van der Waals surface area (Å²) in [4.78, 5) is 11.9. The molecule has 4 nitrogen and oxygen atoms in total. The average Bonchev–Trinajstić information content (AvgIpc) is 2.46. The maximum absolute atomic E-state index is 11.9. The third-order valence-electron chi connectivity index (χ3n) is 3.52. The van der Waals surface area contributed by atoms with E-state index in [1.54, 1.807) is 7.11 Å². The van der Waals surface area contributed by atoms with Gasteiger partial charge < -0.3 is 15.8 Å². The van der Waals surface area contributed by atoms with Gasteiger partial charge in [-0.25, -0.2) is 0 Å². The summed E-state index contributed by atoms with van der Waals surface area (Å²) in [6.45, 7) is 5.50. The van der Waals surface area contributed by atoms with Gasteiger partial charge in [-0.1, -0.05) is 32.0 Å². The van der Waals surface area contributed by atoms with Crippen LogP contribution in [0.2, 0.25) is 0 Å². The molecule has 0 saturated carbocycles. The number of hydrogen-bond donors (Lipinski definition) is 2. The van der Waals surface area contributed by atoms with Crippen molar-refractivity contribution in [2.24, 2.45) is 17.6 Å². The van der Waals surface area contributed by atoms with Gasteiger partial charge in [0.05, 0.1) is 7.11 Å². The molecule has 0 spiro atoms. The lowest BCUT2D eigenvalue weighted by Crippen LogP contribution is -2.30. The molecule has 21 heavy (non-hydrogen) atoms. The van der Waals surface area contributed by atoms with E-state index >= 15 is 0 Å². The lowest BCUT2D eigenvalue weighted by Gasteiger charge is -2.16. The molecule has 0 aromatic heterocycles. The van der Waals surface area contributed by atoms with Crippen molar-refractivity contribution in [3.8, 4) is 5.75 Å². The molecule has 4 heteroatoms. The molecular weight excluding hydrogens is 264 g/mol. The van der Waals surface area contributed by atoms with Gasteiger partial charge in [0.1, 0.15) is 5.75 Å². The predicted molar refractivity (Wildman–Crippen MR) is 86.3 cm³/mol. The Hall–Kier alpha value is -1.55. The maximum Gasteiger partial charge on any atom is 0.220 e. The summed E-state index contributed by atoms with van der Waals surface area (Å²) < 4.78 is 5.30. The van der Waals surface area contributed by atoms with Crippen LogP contribution < -0.4 is 15.8 Å². The van der Waals surface area contributed by atoms with Crippen molar-refractivity contribution in [1.29, 1.82) is 0 Å². The van der Waals surface area contributed by atoms with Crippen LogP contribution in [0, 0.1) is 11.8 Å². The molecule has 1 aromatic carbocycles. The highest BCUT2D eigenvalue weighted by atomic mass is 16.5. The number of methoxy groups -OCH3 is 1. The Balaban J connectivity index is 2.36. The van der Waals surface area contributed by atoms with Crippen LogP contribution >= 0.6 is 0 Å². The summed E-state index contributed by atoms with van der Waals surface area (Å²) in [5.41, 5.74) is 6.84. The second-order valence-electron chi connectivity index (χ2n) is 5.85. The van der Waals surface area contributed by atoms with Crippen molar-refractivity contribution in [2.75, 3.05) is 20.2 Å². The van der Waals surface area contributed by atoms with E-state index in [9.17, 15) is 4.79 Å². The van der Waals surface area contributed by atoms with Crippen molar-refractivity contribution in [2.45, 2.75) is 33.1 Å². The normalized spacial score (nSPS) is 12.2. The van der Waals surface area contributed by atoms with Gasteiger partial charge in [0, 0.05) is 13.0 Å². The van der Waals surface area contributed by atoms with E-state index in [4.69, 9.17) is 10.5 Å². The first-order valence-electron chi connectivity index (χ1n) is 7.65. The first kappa shape index (κ1) is 17.5. The van der Waals surface area contributed by atoms with Crippen molar-refractivity contribution in [1.82, 2.24) is 5.32 Å². The first-order valence-corrected chi connectivity index (χ1v) is 7.65. The number of hydrogen-bond acceptors (Lipinski definition) is 3. The standard InChI is InChI=1S/C17H28N2O2/c1-13(2)10-14(12-18)11-17(20)19-9-8-15-6-4-5-7-16(15)21-3/h4-7,13-14H,8-12,18H2,1-3H3,(H,19,20)/t14-/m0/s1. The third kappa shape index (κ3) is 6.63. The number of rotatable bonds is 9. The fourth-order valence-corrected chi connectivity index (χ4v) is 2.51. The third-order valence-corrected chi connectivity index (χ3v) is 3.52. The monoisotopic (exact) mass is 292 g/mol. The van der Waals surface area contributed by atoms with E-state index in [2.05, 4.69) is 19.2 Å². The zero-order valence-corrected chi connectivity index (χ0v) is 13.4. The predicted octanol–water partition coefficient (Wildman–Crippen LogP) is 2.37. The minimum atomic E-state index is 0.0843. The van der Waals surface area contributed by atoms with Crippen LogP contribution in [0.1, 0.15) is 32.3 Å². The Morgan fingerprint density at radius 3 is 2.67 bits per heavy atom. The molecule has 0 radical (unpaired) electrons. The number of carbonyl (C=O) groups is 1. The summed E-state index contributed by atoms with van der Waals surface area (Å²) in [5.74, 6) is 1.79. The molecule has 0 unspecified atom stereocenters. The first-order chi connectivity index (χ1) is 10.1. The van der Waals surface area contributed by atoms with Crippen molar-refractivity contribution in [3.05, 3.63) is 29.8 Å². The van der Waals surface area contributed by atoms with E-state index in [1.807, 2.05) is 24.3 Å². The average molecular weight is 292 g/mol. The highest BCUT2D eigenvalue weighted by Crippen LogP contribution is 2.17. The maximum atomic E-state index is 11.9. The minimum absolute atomic E-state index is 0.0843. The van der Waals surface area contributed by atoms with Gasteiger partial charge in [-0.05, 0) is 42.9 Å². The Morgan fingerprint density at radius 1 is 1.33 bits per heavy atom. The number of benzene rings is 1. The molecule has 0 aliphatic rings. The molecular formula is C17H28N2O2. The summed E-state index contributed by atoms with van der Waals surface area (Å²) in [5, 5.41) is 2.97. The topological polar surface area (TPSA) is 64.3 Å². The number of nitrogens with two attached hydrogens (primary N) is 1. The summed E-state index contributed by atoms with van der Waals surface area (Å²) in [7, 11) is 1.66. The van der Waals surface area contributed by atoms with E-state index in [-0.39, 0.29) is 11.8 Å². The zero-order chi connectivity index (χ0) is 15.7. The lowest BCUT2D eigenvalue weighted by atomic mass is 9.94. The molecule has 1 rings (SSSR count). The zero-order valence-electron chi connectivity index (χ0n) is 13.4. The van der Waals surface area contributed by atoms with Crippen LogP contribution in [0.4, 0.5) is 0 Å². The van der Waals surface area contributed by atoms with Crippen LogP contribution in [0.15, 0.2) is 24.3 Å². The number of nitrogens with one attached hydrogen (secondary N) is 1. The minimum Gasteiger partial charge on any atom is -0.496 e. The summed E-state index contributed by atoms with van der Waals surface area (Å²) >= 11 is 0. The van der Waals surface area contributed by atoms with Gasteiger partial charge >= 0.3 is 0 Å². The number of ether oxygens (including phenoxy) is 1. The molecule has 0 fully saturated rings. The van der Waals surface area contributed by atoms with Crippen LogP contribution in [-0.2, 0) is 11.2 Å². The van der Waals surface area contributed by atoms with Gasteiger partial charge in [-0.3, -0.25) is 4.79 Å². The van der Waals surface area contributed by atoms with Gasteiger partial charge in [-0.15, -0.1) is 0 Å². The largest absolute Gasteiger partial charge is 0.496 e. The Morgan fingerprint density at radius 2 is 2.05 bits per heavy atom. The molecule has 1 atom stereocenters. The molecule has 1 aromatic rings. The second kappa shape index (κ2) is 9.40. The highest BCUT2D eigenvalue weighted by molar-refractivity contribution is 5.76. The molecule has 0 bridgehead atoms. The van der Waals surface area contributed by atoms with Crippen molar-refractivity contribution < 1.29 is 9.53 Å². The van der Waals surface area contributed by atoms with Crippen molar-refractivity contribution in [3.63, 3.8) is 0 Å². The molecule has 1 amide bonds. The van der Waals surface area contributed by atoms with Crippen LogP contribution in [0.5, 0.6) is 5.75 Å². The lowest BCUT2D eigenvalue weighted by molar-refractivity contribution is -0.122. The number of para-hydroxylation sites is 1. The second-order valence-corrected chi connectivity index (χ2v) is 5.85. The van der Waals surface area contributed by atoms with Gasteiger partial charge in [0.2, 0.25) is 5.91 Å². The van der Waals surface area contributed by atoms with Crippen LogP contribution in [-0.4, -0.2) is 26.1 Å². The number of amides is 1. The summed E-state index contributed by atoms with van der Waals surface area (Å²) in [6.07, 6.45) is 2.28. The molecule has 118 valence electrons. The van der Waals surface area contributed by atoms with Gasteiger partial charge in [0.25, 0.3) is 0 Å². The highest BCUT2D eigenvalue weighted by Gasteiger charge is 2.13. The van der Waals surface area contributed by atoms with E-state index in [0.717, 1.165) is 24.2 Å². The molecule has 0 heterocycles. The van der Waals surface area contributed by atoms with Crippen LogP contribution in [0.3, 0.4) is 0 Å². The SMILES string of the molecule is COc1ccccc1CCNC(=O)C[C@@H](CN)CC(C)C. The van der Waals surface area contributed by atoms with E-state index in [0.29, 0.717) is 25.4 Å². The molecule has 0 saturated heterocycles. The van der Waals surface area contributed by atoms with Crippen LogP contribution in [0.25, 0.3) is 0 Å². The van der Waals surface area contributed by atoms with E-state index < -0.39 is 0 Å². The molecule has 3 N–H and O–H groups in total.